The molecule has 0 unspecified atom stereocenters. The summed E-state index contributed by atoms with van der Waals surface area (Å²) in [5.74, 6) is -0.0962. The maximum absolute atomic E-state index is 12.3. The van der Waals surface area contributed by atoms with Crippen LogP contribution in [0.4, 0.5) is 13.2 Å². The lowest BCUT2D eigenvalue weighted by molar-refractivity contribution is -0.116. The van der Waals surface area contributed by atoms with Crippen molar-refractivity contribution in [2.75, 3.05) is 0 Å². The van der Waals surface area contributed by atoms with Gasteiger partial charge in [0.1, 0.15) is 5.78 Å². The molecule has 17 heavy (non-hydrogen) atoms. The molecule has 0 aliphatic heterocycles. The van der Waals surface area contributed by atoms with Crippen molar-refractivity contribution in [1.29, 1.82) is 0 Å². The average molecular weight is 283 g/mol. The zero-order chi connectivity index (χ0) is 13.1. The smallest absolute Gasteiger partial charge is 0.300 e. The van der Waals surface area contributed by atoms with Gasteiger partial charge in [-0.25, -0.2) is 0 Å². The molecule has 0 N–H and O–H groups in total. The molecule has 0 saturated heterocycles. The summed E-state index contributed by atoms with van der Waals surface area (Å²) in [6, 6.07) is 4.49. The predicted octanol–water partition coefficient (Wildman–Crippen LogP) is 4.17. The third-order valence-corrected chi connectivity index (χ3v) is 3.15. The van der Waals surface area contributed by atoms with Crippen molar-refractivity contribution in [2.24, 2.45) is 0 Å². The van der Waals surface area contributed by atoms with Gasteiger partial charge in [-0.2, -0.15) is 13.2 Å². The number of Topliss-reactive ketones (excluding diaryl/α,β-unsaturated/α-hetero) is 1. The molecule has 1 aromatic carbocycles. The molecule has 0 radical (unpaired) electrons. The largest absolute Gasteiger partial charge is 0.446 e. The Bertz CT molecular complexity index is 418. The predicted molar refractivity (Wildman–Crippen MR) is 62.3 cm³/mol. The third-order valence-electron chi connectivity index (χ3n) is 2.03. The SMILES string of the molecule is CC(=O)Cc1c(CCl)cccc1SC(F)(F)F. The molecule has 0 spiro atoms. The fraction of sp³-hybridized carbons (Fsp3) is 0.364. The summed E-state index contributed by atoms with van der Waals surface area (Å²) >= 11 is 5.44. The molecule has 0 bridgehead atoms. The van der Waals surface area contributed by atoms with Gasteiger partial charge in [-0.1, -0.05) is 12.1 Å². The van der Waals surface area contributed by atoms with E-state index in [1.165, 1.54) is 19.1 Å². The second kappa shape index (κ2) is 5.78. The van der Waals surface area contributed by atoms with Crippen LogP contribution in [0.15, 0.2) is 23.1 Å². The standard InChI is InChI=1S/C11H10ClF3OS/c1-7(16)5-9-8(6-12)3-2-4-10(9)17-11(13,14)15/h2-4H,5-6H2,1H3. The van der Waals surface area contributed by atoms with Crippen LogP contribution in [0.5, 0.6) is 0 Å². The number of hydrogen-bond donors (Lipinski definition) is 0. The van der Waals surface area contributed by atoms with Crippen LogP contribution < -0.4 is 0 Å². The molecular formula is C11H10ClF3OS. The molecule has 0 aliphatic rings. The summed E-state index contributed by atoms with van der Waals surface area (Å²) < 4.78 is 37.0. The summed E-state index contributed by atoms with van der Waals surface area (Å²) in [4.78, 5) is 11.1. The molecule has 0 aromatic heterocycles. The van der Waals surface area contributed by atoms with Gasteiger partial charge < -0.3 is 0 Å². The molecule has 1 rings (SSSR count). The van der Waals surface area contributed by atoms with Gasteiger partial charge in [0, 0.05) is 17.2 Å². The molecule has 0 fully saturated rings. The van der Waals surface area contributed by atoms with Crippen molar-refractivity contribution >= 4 is 29.1 Å². The minimum absolute atomic E-state index is 0.0265. The lowest BCUT2D eigenvalue weighted by atomic mass is 10.0. The quantitative estimate of drug-likeness (QED) is 0.609. The van der Waals surface area contributed by atoms with Gasteiger partial charge in [-0.05, 0) is 35.9 Å². The van der Waals surface area contributed by atoms with Crippen molar-refractivity contribution in [3.63, 3.8) is 0 Å². The van der Waals surface area contributed by atoms with E-state index in [-0.39, 0.29) is 34.7 Å². The number of rotatable bonds is 4. The second-order valence-electron chi connectivity index (χ2n) is 3.45. The highest BCUT2D eigenvalue weighted by molar-refractivity contribution is 8.00. The second-order valence-corrected chi connectivity index (χ2v) is 4.83. The van der Waals surface area contributed by atoms with Crippen molar-refractivity contribution in [3.8, 4) is 0 Å². The molecule has 1 aromatic rings. The molecule has 1 nitrogen and oxygen atoms in total. The van der Waals surface area contributed by atoms with Crippen LogP contribution in [0.1, 0.15) is 18.1 Å². The number of halogens is 4. The van der Waals surface area contributed by atoms with Crippen molar-refractivity contribution in [3.05, 3.63) is 29.3 Å². The van der Waals surface area contributed by atoms with E-state index >= 15 is 0 Å². The Morgan fingerprint density at radius 3 is 2.53 bits per heavy atom. The van der Waals surface area contributed by atoms with Crippen LogP contribution in [0.3, 0.4) is 0 Å². The number of thioether (sulfide) groups is 1. The van der Waals surface area contributed by atoms with Crippen molar-refractivity contribution < 1.29 is 18.0 Å². The van der Waals surface area contributed by atoms with Crippen LogP contribution in [0.25, 0.3) is 0 Å². The topological polar surface area (TPSA) is 17.1 Å². The molecule has 0 saturated carbocycles. The van der Waals surface area contributed by atoms with Gasteiger partial charge >= 0.3 is 5.51 Å². The summed E-state index contributed by atoms with van der Waals surface area (Å²) in [7, 11) is 0. The highest BCUT2D eigenvalue weighted by Crippen LogP contribution is 2.39. The molecule has 6 heteroatoms. The van der Waals surface area contributed by atoms with Gasteiger partial charge in [0.15, 0.2) is 0 Å². The monoisotopic (exact) mass is 282 g/mol. The van der Waals surface area contributed by atoms with Crippen LogP contribution in [-0.2, 0) is 17.1 Å². The van der Waals surface area contributed by atoms with E-state index in [4.69, 9.17) is 11.6 Å². The number of carbonyl (C=O) groups excluding carboxylic acids is 1. The normalized spacial score (nSPS) is 11.6. The fourth-order valence-electron chi connectivity index (χ4n) is 1.41. The Morgan fingerprint density at radius 1 is 1.41 bits per heavy atom. The van der Waals surface area contributed by atoms with E-state index in [0.717, 1.165) is 0 Å². The minimum atomic E-state index is -4.36. The van der Waals surface area contributed by atoms with E-state index in [1.54, 1.807) is 6.07 Å². The van der Waals surface area contributed by atoms with Gasteiger partial charge in [-0.15, -0.1) is 11.6 Å². The summed E-state index contributed by atoms with van der Waals surface area (Å²) in [5, 5.41) is 0. The Kier molecular flexibility index (Phi) is 4.89. The number of carbonyl (C=O) groups is 1. The van der Waals surface area contributed by atoms with Crippen molar-refractivity contribution in [1.82, 2.24) is 0 Å². The maximum Gasteiger partial charge on any atom is 0.446 e. The number of benzene rings is 1. The van der Waals surface area contributed by atoms with Crippen LogP contribution in [-0.4, -0.2) is 11.3 Å². The molecular weight excluding hydrogens is 273 g/mol. The van der Waals surface area contributed by atoms with Crippen LogP contribution in [0, 0.1) is 0 Å². The molecule has 0 amide bonds. The Hall–Kier alpha value is -0.680. The Balaban J connectivity index is 3.14. The zero-order valence-electron chi connectivity index (χ0n) is 8.97. The highest BCUT2D eigenvalue weighted by atomic mass is 35.5. The zero-order valence-corrected chi connectivity index (χ0v) is 10.5. The Labute approximate surface area is 106 Å². The van der Waals surface area contributed by atoms with E-state index in [2.05, 4.69) is 0 Å². The first-order valence-electron chi connectivity index (χ1n) is 4.75. The molecule has 0 atom stereocenters. The van der Waals surface area contributed by atoms with Gasteiger partial charge in [-0.3, -0.25) is 4.79 Å². The first kappa shape index (κ1) is 14.4. The van der Waals surface area contributed by atoms with Crippen LogP contribution >= 0.6 is 23.4 Å². The Morgan fingerprint density at radius 2 is 2.06 bits per heavy atom. The van der Waals surface area contributed by atoms with Gasteiger partial charge in [0.05, 0.1) is 0 Å². The van der Waals surface area contributed by atoms with E-state index in [0.29, 0.717) is 11.1 Å². The number of hydrogen-bond acceptors (Lipinski definition) is 2. The summed E-state index contributed by atoms with van der Waals surface area (Å²) in [6.45, 7) is 1.34. The minimum Gasteiger partial charge on any atom is -0.300 e. The fourth-order valence-corrected chi connectivity index (χ4v) is 2.38. The molecule has 0 aliphatic carbocycles. The first-order chi connectivity index (χ1) is 7.83. The summed E-state index contributed by atoms with van der Waals surface area (Å²) in [6.07, 6.45) is -0.0265. The van der Waals surface area contributed by atoms with E-state index in [9.17, 15) is 18.0 Å². The van der Waals surface area contributed by atoms with E-state index in [1.807, 2.05) is 0 Å². The molecule has 94 valence electrons. The summed E-state index contributed by atoms with van der Waals surface area (Å²) in [5.41, 5.74) is -3.43. The van der Waals surface area contributed by atoms with Crippen molar-refractivity contribution in [2.45, 2.75) is 29.6 Å². The highest BCUT2D eigenvalue weighted by Gasteiger charge is 2.30. The lowest BCUT2D eigenvalue weighted by Crippen LogP contribution is -2.06. The number of ketones is 1. The van der Waals surface area contributed by atoms with Gasteiger partial charge in [0.25, 0.3) is 0 Å². The lowest BCUT2D eigenvalue weighted by Gasteiger charge is -2.13. The average Bonchev–Trinajstić information content (AvgIpc) is 2.17. The molecule has 0 heterocycles. The maximum atomic E-state index is 12.3. The third kappa shape index (κ3) is 4.60. The van der Waals surface area contributed by atoms with Gasteiger partial charge in [0.2, 0.25) is 0 Å². The first-order valence-corrected chi connectivity index (χ1v) is 6.10. The van der Waals surface area contributed by atoms with Crippen LogP contribution in [0.2, 0.25) is 0 Å². The van der Waals surface area contributed by atoms with E-state index < -0.39 is 5.51 Å². The number of alkyl halides is 4.